The number of methoxy groups -OCH3 is 2. The van der Waals surface area contributed by atoms with Crippen molar-refractivity contribution in [2.75, 3.05) is 14.2 Å². The van der Waals surface area contributed by atoms with Gasteiger partial charge in [0.15, 0.2) is 10.1 Å². The Labute approximate surface area is 193 Å². The van der Waals surface area contributed by atoms with Crippen LogP contribution in [0, 0.1) is 36.5 Å². The lowest BCUT2D eigenvalue weighted by molar-refractivity contribution is -0.0517. The van der Waals surface area contributed by atoms with Crippen molar-refractivity contribution >= 4 is 22.1 Å². The molecule has 2 rings (SSSR count). The molecule has 0 saturated heterocycles. The molecule has 0 saturated carbocycles. The molecule has 0 aliphatic heterocycles. The first-order chi connectivity index (χ1) is 15.6. The summed E-state index contributed by atoms with van der Waals surface area (Å²) in [5.41, 5.74) is -2.11. The molecule has 0 heterocycles. The molecular formula is C21H18F3N2O7S-. The molecule has 0 aliphatic carbocycles. The number of carbonyl (C=O) groups excluding carboxylic acids is 2. The van der Waals surface area contributed by atoms with Crippen molar-refractivity contribution in [1.29, 1.82) is 10.5 Å². The fourth-order valence-corrected chi connectivity index (χ4v) is 1.97. The largest absolute Gasteiger partial charge is 0.741 e. The molecule has 2 aromatic carbocycles. The van der Waals surface area contributed by atoms with Crippen molar-refractivity contribution in [1.82, 2.24) is 0 Å². The lowest BCUT2D eigenvalue weighted by atomic mass is 10.1. The van der Waals surface area contributed by atoms with E-state index in [0.717, 1.165) is 11.1 Å². The second kappa shape index (κ2) is 12.9. The zero-order valence-electron chi connectivity index (χ0n) is 18.3. The summed E-state index contributed by atoms with van der Waals surface area (Å²) in [6.45, 7) is 3.64. The van der Waals surface area contributed by atoms with Gasteiger partial charge < -0.3 is 14.0 Å². The summed E-state index contributed by atoms with van der Waals surface area (Å²) in [5, 5.41) is 17.4. The van der Waals surface area contributed by atoms with Crippen molar-refractivity contribution < 1.29 is 45.2 Å². The number of alkyl halides is 3. The molecule has 0 aromatic heterocycles. The van der Waals surface area contributed by atoms with Crippen LogP contribution in [0.2, 0.25) is 0 Å². The Morgan fingerprint density at radius 1 is 0.853 bits per heavy atom. The molecule has 182 valence electrons. The van der Waals surface area contributed by atoms with E-state index < -0.39 is 27.6 Å². The van der Waals surface area contributed by atoms with Gasteiger partial charge in [-0.05, 0) is 49.2 Å². The predicted octanol–water partition coefficient (Wildman–Crippen LogP) is 3.36. The number of carbonyl (C=O) groups is 2. The lowest BCUT2D eigenvalue weighted by Crippen LogP contribution is -2.21. The van der Waals surface area contributed by atoms with Gasteiger partial charge in [0.1, 0.15) is 0 Å². The van der Waals surface area contributed by atoms with Crippen LogP contribution in [0.3, 0.4) is 0 Å². The highest BCUT2D eigenvalue weighted by molar-refractivity contribution is 7.86. The third-order valence-corrected chi connectivity index (χ3v) is 4.41. The van der Waals surface area contributed by atoms with Gasteiger partial charge in [0.25, 0.3) is 0 Å². The molecular weight excluding hydrogens is 481 g/mol. The van der Waals surface area contributed by atoms with Gasteiger partial charge in [0.05, 0.1) is 48.6 Å². The summed E-state index contributed by atoms with van der Waals surface area (Å²) in [6, 6.07) is 13.8. The van der Waals surface area contributed by atoms with Crippen molar-refractivity contribution in [2.24, 2.45) is 0 Å². The normalized spacial score (nSPS) is 10.2. The van der Waals surface area contributed by atoms with Gasteiger partial charge in [-0.25, -0.2) is 18.0 Å². The maximum atomic E-state index is 11.1. The Morgan fingerprint density at radius 3 is 1.35 bits per heavy atom. The standard InChI is InChI=1S/2C10H9NO2.CHF3O3S/c2*1-7-3-4-8(10(12)13-2)5-9(7)6-11;2-1(3,4)8(5,6)7/h2*3-5H,1-2H3;(H,5,6,7)/p-1. The summed E-state index contributed by atoms with van der Waals surface area (Å²) in [4.78, 5) is 22.1. The number of ether oxygens (including phenoxy) is 2. The van der Waals surface area contributed by atoms with Crippen molar-refractivity contribution in [2.45, 2.75) is 19.4 Å². The van der Waals surface area contributed by atoms with E-state index in [4.69, 9.17) is 23.5 Å². The number of nitrogens with zero attached hydrogens (tertiary/aromatic N) is 2. The monoisotopic (exact) mass is 499 g/mol. The third kappa shape index (κ3) is 9.28. The van der Waals surface area contributed by atoms with Crippen molar-refractivity contribution in [3.63, 3.8) is 0 Å². The summed E-state index contributed by atoms with van der Waals surface area (Å²) in [7, 11) is -3.46. The first-order valence-electron chi connectivity index (χ1n) is 8.83. The first kappa shape index (κ1) is 30.1. The van der Waals surface area contributed by atoms with Gasteiger partial charge in [-0.15, -0.1) is 0 Å². The Morgan fingerprint density at radius 2 is 1.15 bits per heavy atom. The Balaban J connectivity index is 0.000000497. The van der Waals surface area contributed by atoms with Crippen LogP contribution in [-0.4, -0.2) is 44.6 Å². The third-order valence-electron chi connectivity index (χ3n) is 3.84. The van der Waals surface area contributed by atoms with E-state index in [0.29, 0.717) is 22.3 Å². The van der Waals surface area contributed by atoms with E-state index in [1.807, 2.05) is 26.0 Å². The zero-order valence-corrected chi connectivity index (χ0v) is 19.1. The number of aryl methyl sites for hydroxylation is 2. The van der Waals surface area contributed by atoms with E-state index in [1.54, 1.807) is 24.3 Å². The molecule has 0 spiro atoms. The van der Waals surface area contributed by atoms with E-state index in [-0.39, 0.29) is 0 Å². The van der Waals surface area contributed by atoms with Crippen molar-refractivity contribution in [3.8, 4) is 12.1 Å². The summed E-state index contributed by atoms with van der Waals surface area (Å²) >= 11 is 0. The van der Waals surface area contributed by atoms with Crippen LogP contribution >= 0.6 is 0 Å². The molecule has 2 aromatic rings. The average Bonchev–Trinajstić information content (AvgIpc) is 2.78. The molecule has 0 bridgehead atoms. The van der Waals surface area contributed by atoms with Crippen LogP contribution in [-0.2, 0) is 19.6 Å². The Bertz CT molecular complexity index is 1150. The van der Waals surface area contributed by atoms with Gasteiger partial charge in [0.2, 0.25) is 0 Å². The van der Waals surface area contributed by atoms with Gasteiger partial charge in [-0.1, -0.05) is 12.1 Å². The molecule has 9 nitrogen and oxygen atoms in total. The molecule has 0 N–H and O–H groups in total. The second-order valence-electron chi connectivity index (χ2n) is 6.17. The number of halogens is 3. The Kier molecular flexibility index (Phi) is 11.4. The summed E-state index contributed by atoms with van der Waals surface area (Å²) < 4.78 is 68.0. The molecule has 34 heavy (non-hydrogen) atoms. The fraction of sp³-hybridized carbons (Fsp3) is 0.238. The van der Waals surface area contributed by atoms with Gasteiger partial charge in [0, 0.05) is 0 Å². The topological polar surface area (TPSA) is 157 Å². The van der Waals surface area contributed by atoms with E-state index >= 15 is 0 Å². The molecule has 13 heteroatoms. The number of nitriles is 2. The van der Waals surface area contributed by atoms with Crippen molar-refractivity contribution in [3.05, 3.63) is 69.8 Å². The minimum absolute atomic E-state index is 0.407. The SMILES string of the molecule is COC(=O)c1ccc(C)c(C#N)c1.COC(=O)c1ccc(C)c(C#N)c1.O=S(=O)([O-])C(F)(F)F. The van der Waals surface area contributed by atoms with E-state index in [2.05, 4.69) is 9.47 Å². The molecule has 0 amide bonds. The van der Waals surface area contributed by atoms with E-state index in [1.165, 1.54) is 26.4 Å². The first-order valence-corrected chi connectivity index (χ1v) is 10.2. The molecule has 0 aliphatic rings. The molecule has 0 atom stereocenters. The van der Waals surface area contributed by atoms with Crippen LogP contribution in [0.1, 0.15) is 43.0 Å². The van der Waals surface area contributed by atoms with Crippen LogP contribution in [0.25, 0.3) is 0 Å². The quantitative estimate of drug-likeness (QED) is 0.343. The number of benzene rings is 2. The van der Waals surface area contributed by atoms with Crippen LogP contribution < -0.4 is 0 Å². The predicted molar refractivity (Wildman–Crippen MR) is 110 cm³/mol. The molecule has 0 unspecified atom stereocenters. The van der Waals surface area contributed by atoms with Gasteiger partial charge >= 0.3 is 17.4 Å². The number of rotatable bonds is 2. The second-order valence-corrected chi connectivity index (χ2v) is 7.54. The van der Waals surface area contributed by atoms with Crippen LogP contribution in [0.5, 0.6) is 0 Å². The number of hydrogen-bond donors (Lipinski definition) is 0. The number of hydrogen-bond acceptors (Lipinski definition) is 9. The minimum Gasteiger partial charge on any atom is -0.741 e. The lowest BCUT2D eigenvalue weighted by Gasteiger charge is -2.08. The maximum Gasteiger partial charge on any atom is 0.485 e. The van der Waals surface area contributed by atoms with Crippen LogP contribution in [0.4, 0.5) is 13.2 Å². The number of esters is 2. The van der Waals surface area contributed by atoms with Crippen LogP contribution in [0.15, 0.2) is 36.4 Å². The Hall–Kier alpha value is -3.94. The van der Waals surface area contributed by atoms with E-state index in [9.17, 15) is 22.8 Å². The highest BCUT2D eigenvalue weighted by Gasteiger charge is 2.36. The molecule has 0 fully saturated rings. The van der Waals surface area contributed by atoms with Gasteiger partial charge in [-0.2, -0.15) is 23.7 Å². The highest BCUT2D eigenvalue weighted by atomic mass is 32.2. The molecule has 0 radical (unpaired) electrons. The fourth-order valence-electron chi connectivity index (χ4n) is 1.97. The average molecular weight is 499 g/mol. The summed E-state index contributed by atoms with van der Waals surface area (Å²) in [6.07, 6.45) is 0. The zero-order chi connectivity index (χ0) is 26.7. The maximum absolute atomic E-state index is 11.1. The minimum atomic E-state index is -6.09. The smallest absolute Gasteiger partial charge is 0.485 e. The summed E-state index contributed by atoms with van der Waals surface area (Å²) in [5.74, 6) is -0.840. The highest BCUT2D eigenvalue weighted by Crippen LogP contribution is 2.20. The van der Waals surface area contributed by atoms with Gasteiger partial charge in [-0.3, -0.25) is 0 Å².